The van der Waals surface area contributed by atoms with E-state index < -0.39 is 27.8 Å². The molecule has 146 valence electrons. The Kier molecular flexibility index (Phi) is 6.35. The van der Waals surface area contributed by atoms with Crippen molar-refractivity contribution in [3.8, 4) is 5.75 Å². The van der Waals surface area contributed by atoms with Crippen molar-refractivity contribution in [3.63, 3.8) is 0 Å². The lowest BCUT2D eigenvalue weighted by molar-refractivity contribution is -0.0499. The maximum Gasteiger partial charge on any atom is 0.387 e. The molecule has 0 aliphatic carbocycles. The van der Waals surface area contributed by atoms with Gasteiger partial charge in [-0.25, -0.2) is 8.42 Å². The fraction of sp³-hybridized carbons (Fsp3) is 0.353. The standard InChI is InChI=1S/C17H15BrClF2NO4S/c18-10-6-14(19)16(22-9-10)15-8-13(4-5-25-15)27(23,24)12-3-1-2-11(7-12)26-17(20)21/h1-3,6-7,9,13,15,17H,4-5,8H2. The van der Waals surface area contributed by atoms with Gasteiger partial charge in [-0.3, -0.25) is 4.98 Å². The number of sulfone groups is 1. The molecule has 1 saturated heterocycles. The van der Waals surface area contributed by atoms with E-state index in [0.29, 0.717) is 15.2 Å². The lowest BCUT2D eigenvalue weighted by atomic mass is 10.1. The first-order chi connectivity index (χ1) is 12.8. The van der Waals surface area contributed by atoms with Crippen molar-refractivity contribution in [2.75, 3.05) is 6.61 Å². The number of halogens is 4. The number of pyridine rings is 1. The van der Waals surface area contributed by atoms with Crippen molar-refractivity contribution < 1.29 is 26.7 Å². The normalized spacial score (nSPS) is 20.6. The second-order valence-corrected chi connectivity index (χ2v) is 9.48. The van der Waals surface area contributed by atoms with Crippen molar-refractivity contribution in [1.29, 1.82) is 0 Å². The third-order valence-electron chi connectivity index (χ3n) is 4.18. The molecule has 0 amide bonds. The van der Waals surface area contributed by atoms with Gasteiger partial charge in [0, 0.05) is 17.3 Å². The van der Waals surface area contributed by atoms with Crippen LogP contribution >= 0.6 is 27.5 Å². The predicted molar refractivity (Wildman–Crippen MR) is 98.9 cm³/mol. The first-order valence-electron chi connectivity index (χ1n) is 7.98. The molecule has 0 saturated carbocycles. The highest BCUT2D eigenvalue weighted by molar-refractivity contribution is 9.10. The summed E-state index contributed by atoms with van der Waals surface area (Å²) in [5, 5.41) is -0.376. The summed E-state index contributed by atoms with van der Waals surface area (Å²) in [6.45, 7) is -2.81. The predicted octanol–water partition coefficient (Wildman–Crippen LogP) is 4.79. The van der Waals surface area contributed by atoms with Crippen LogP contribution in [-0.2, 0) is 14.6 Å². The summed E-state index contributed by atoms with van der Waals surface area (Å²) >= 11 is 9.47. The maximum atomic E-state index is 13.0. The molecular formula is C17H15BrClF2NO4S. The molecule has 0 radical (unpaired) electrons. The topological polar surface area (TPSA) is 65.5 Å². The van der Waals surface area contributed by atoms with Crippen molar-refractivity contribution in [3.05, 3.63) is 51.7 Å². The number of rotatable bonds is 5. The summed E-state index contributed by atoms with van der Waals surface area (Å²) in [5.41, 5.74) is 0.467. The molecule has 1 aliphatic rings. The third kappa shape index (κ3) is 4.77. The molecule has 2 heterocycles. The van der Waals surface area contributed by atoms with Gasteiger partial charge in [-0.15, -0.1) is 0 Å². The Bertz CT molecular complexity index is 929. The van der Waals surface area contributed by atoms with E-state index in [1.54, 1.807) is 12.3 Å². The van der Waals surface area contributed by atoms with E-state index in [0.717, 1.165) is 6.07 Å². The molecule has 0 bridgehead atoms. The van der Waals surface area contributed by atoms with Crippen LogP contribution in [0.15, 0.2) is 45.9 Å². The van der Waals surface area contributed by atoms with Crippen molar-refractivity contribution >= 4 is 37.4 Å². The minimum absolute atomic E-state index is 0.0684. The first kappa shape index (κ1) is 20.4. The van der Waals surface area contributed by atoms with Gasteiger partial charge in [0.1, 0.15) is 11.9 Å². The molecule has 2 aromatic rings. The monoisotopic (exact) mass is 481 g/mol. The Labute approximate surface area is 168 Å². The summed E-state index contributed by atoms with van der Waals surface area (Å²) in [6.07, 6.45) is 1.44. The van der Waals surface area contributed by atoms with Crippen LogP contribution in [0.3, 0.4) is 0 Å². The fourth-order valence-electron chi connectivity index (χ4n) is 2.92. The smallest absolute Gasteiger partial charge is 0.387 e. The summed E-state index contributed by atoms with van der Waals surface area (Å²) < 4.78 is 61.4. The van der Waals surface area contributed by atoms with Gasteiger partial charge in [-0.05, 0) is 53.0 Å². The van der Waals surface area contributed by atoms with Gasteiger partial charge in [0.15, 0.2) is 9.84 Å². The molecule has 1 fully saturated rings. The molecule has 3 rings (SSSR count). The molecule has 2 atom stereocenters. The molecule has 27 heavy (non-hydrogen) atoms. The molecule has 2 unspecified atom stereocenters. The van der Waals surface area contributed by atoms with Crippen LogP contribution in [-0.4, -0.2) is 31.9 Å². The minimum Gasteiger partial charge on any atom is -0.435 e. The Morgan fingerprint density at radius 1 is 1.33 bits per heavy atom. The van der Waals surface area contributed by atoms with Crippen LogP contribution in [0.25, 0.3) is 0 Å². The van der Waals surface area contributed by atoms with E-state index in [4.69, 9.17) is 16.3 Å². The Morgan fingerprint density at radius 3 is 2.81 bits per heavy atom. The first-order valence-corrected chi connectivity index (χ1v) is 10.7. The van der Waals surface area contributed by atoms with Gasteiger partial charge in [0.25, 0.3) is 0 Å². The lowest BCUT2D eigenvalue weighted by Crippen LogP contribution is -2.31. The molecular weight excluding hydrogens is 468 g/mol. The third-order valence-corrected chi connectivity index (χ3v) is 7.13. The van der Waals surface area contributed by atoms with Crippen molar-refractivity contribution in [1.82, 2.24) is 4.98 Å². The minimum atomic E-state index is -3.77. The van der Waals surface area contributed by atoms with Crippen LogP contribution < -0.4 is 4.74 Å². The molecule has 10 heteroatoms. The Morgan fingerprint density at radius 2 is 2.11 bits per heavy atom. The van der Waals surface area contributed by atoms with Gasteiger partial charge in [0.2, 0.25) is 0 Å². The number of alkyl halides is 2. The summed E-state index contributed by atoms with van der Waals surface area (Å²) in [4.78, 5) is 4.17. The summed E-state index contributed by atoms with van der Waals surface area (Å²) in [6, 6.07) is 6.79. The zero-order valence-corrected chi connectivity index (χ0v) is 17.0. The maximum absolute atomic E-state index is 13.0. The number of hydrogen-bond acceptors (Lipinski definition) is 5. The second kappa shape index (κ2) is 8.38. The van der Waals surface area contributed by atoms with Crippen LogP contribution in [0, 0.1) is 0 Å². The molecule has 5 nitrogen and oxygen atoms in total. The second-order valence-electron chi connectivity index (χ2n) is 5.92. The molecule has 1 aromatic carbocycles. The van der Waals surface area contributed by atoms with Crippen molar-refractivity contribution in [2.45, 2.75) is 35.7 Å². The van der Waals surface area contributed by atoms with Gasteiger partial charge < -0.3 is 9.47 Å². The van der Waals surface area contributed by atoms with Gasteiger partial charge in [-0.2, -0.15) is 8.78 Å². The number of ether oxygens (including phenoxy) is 2. The average molecular weight is 483 g/mol. The number of aromatic nitrogens is 1. The zero-order chi connectivity index (χ0) is 19.6. The van der Waals surface area contributed by atoms with E-state index >= 15 is 0 Å². The highest BCUT2D eigenvalue weighted by Gasteiger charge is 2.35. The van der Waals surface area contributed by atoms with Crippen LogP contribution in [0.1, 0.15) is 24.6 Å². The number of hydrogen-bond donors (Lipinski definition) is 0. The lowest BCUT2D eigenvalue weighted by Gasteiger charge is -2.29. The van der Waals surface area contributed by atoms with E-state index in [1.165, 1.54) is 18.2 Å². The quantitative estimate of drug-likeness (QED) is 0.613. The van der Waals surface area contributed by atoms with Crippen molar-refractivity contribution in [2.24, 2.45) is 0 Å². The van der Waals surface area contributed by atoms with Gasteiger partial charge in [0.05, 0.1) is 20.9 Å². The fourth-order valence-corrected chi connectivity index (χ4v) is 5.44. The molecule has 0 spiro atoms. The van der Waals surface area contributed by atoms with Gasteiger partial charge >= 0.3 is 6.61 Å². The van der Waals surface area contributed by atoms with E-state index in [1.807, 2.05) is 0 Å². The summed E-state index contributed by atoms with van der Waals surface area (Å²) in [7, 11) is -3.77. The molecule has 1 aliphatic heterocycles. The largest absolute Gasteiger partial charge is 0.435 e. The average Bonchev–Trinajstić information content (AvgIpc) is 2.61. The van der Waals surface area contributed by atoms with E-state index in [9.17, 15) is 17.2 Å². The molecule has 0 N–H and O–H groups in total. The van der Waals surface area contributed by atoms with E-state index in [2.05, 4.69) is 25.7 Å². The van der Waals surface area contributed by atoms with Crippen LogP contribution in [0.4, 0.5) is 8.78 Å². The Balaban J connectivity index is 1.84. The SMILES string of the molecule is O=S(=O)(c1cccc(OC(F)F)c1)C1CCOC(c2ncc(Br)cc2Cl)C1. The molecule has 1 aromatic heterocycles. The van der Waals surface area contributed by atoms with Crippen LogP contribution in [0.2, 0.25) is 5.02 Å². The van der Waals surface area contributed by atoms with Crippen LogP contribution in [0.5, 0.6) is 5.75 Å². The van der Waals surface area contributed by atoms with E-state index in [-0.39, 0.29) is 30.1 Å². The highest BCUT2D eigenvalue weighted by atomic mass is 79.9. The number of nitrogens with zero attached hydrogens (tertiary/aromatic N) is 1. The summed E-state index contributed by atoms with van der Waals surface area (Å²) in [5.74, 6) is -0.202. The highest BCUT2D eigenvalue weighted by Crippen LogP contribution is 2.36. The number of benzene rings is 1. The van der Waals surface area contributed by atoms with Gasteiger partial charge in [-0.1, -0.05) is 17.7 Å². The Hall–Kier alpha value is -1.29. The zero-order valence-electron chi connectivity index (χ0n) is 13.8.